The molecule has 2 rings (SSSR count). The number of nitrogens with one attached hydrogen (secondary N) is 1. The molecule has 3 nitrogen and oxygen atoms in total. The zero-order valence-electron chi connectivity index (χ0n) is 11.1. The highest BCUT2D eigenvalue weighted by molar-refractivity contribution is 7.99. The molecule has 0 bridgehead atoms. The van der Waals surface area contributed by atoms with Crippen molar-refractivity contribution in [3.05, 3.63) is 47.2 Å². The number of halogens is 1. The molecule has 1 aromatic heterocycles. The molecule has 1 unspecified atom stereocenters. The van der Waals surface area contributed by atoms with E-state index in [2.05, 4.69) is 35.5 Å². The van der Waals surface area contributed by atoms with E-state index in [0.29, 0.717) is 6.04 Å². The smallest absolute Gasteiger partial charge is 0.0587 e. The third-order valence-corrected chi connectivity index (χ3v) is 4.25. The summed E-state index contributed by atoms with van der Waals surface area (Å²) in [5.41, 5.74) is 1.21. The van der Waals surface area contributed by atoms with Crippen LogP contribution in [0.15, 0.2) is 41.4 Å². The Kier molecular flexibility index (Phi) is 5.31. The maximum absolute atomic E-state index is 5.89. The topological polar surface area (TPSA) is 29.9 Å². The van der Waals surface area contributed by atoms with Crippen LogP contribution in [0.4, 0.5) is 0 Å². The Bertz CT molecular complexity index is 510. The third kappa shape index (κ3) is 4.00. The van der Waals surface area contributed by atoms with Crippen molar-refractivity contribution in [2.45, 2.75) is 17.9 Å². The van der Waals surface area contributed by atoms with Gasteiger partial charge in [-0.05, 0) is 36.9 Å². The first-order valence-corrected chi connectivity index (χ1v) is 7.66. The van der Waals surface area contributed by atoms with Gasteiger partial charge in [0.2, 0.25) is 0 Å². The molecule has 0 radical (unpaired) electrons. The van der Waals surface area contributed by atoms with E-state index in [1.807, 2.05) is 41.8 Å². The number of aromatic nitrogens is 2. The van der Waals surface area contributed by atoms with Crippen LogP contribution in [0.5, 0.6) is 0 Å². The number of nitrogens with zero attached hydrogens (tertiary/aromatic N) is 2. The molecular weight excluding hydrogens is 278 g/mol. The zero-order valence-corrected chi connectivity index (χ0v) is 12.7. The summed E-state index contributed by atoms with van der Waals surface area (Å²) in [6.07, 6.45) is 1.84. The minimum atomic E-state index is 0.304. The summed E-state index contributed by atoms with van der Waals surface area (Å²) in [4.78, 5) is 1.23. The first kappa shape index (κ1) is 14.4. The van der Waals surface area contributed by atoms with Crippen molar-refractivity contribution >= 4 is 23.4 Å². The largest absolute Gasteiger partial charge is 0.308 e. The standard InChI is InChI=1S/C14H18ClN3S/c1-3-16-13(14-8-9-17-18(14)2)10-19-12-6-4-11(15)5-7-12/h4-9,13,16H,3,10H2,1-2H3. The van der Waals surface area contributed by atoms with Crippen molar-refractivity contribution in [3.63, 3.8) is 0 Å². The fraction of sp³-hybridized carbons (Fsp3) is 0.357. The Morgan fingerprint density at radius 1 is 1.32 bits per heavy atom. The SMILES string of the molecule is CCNC(CSc1ccc(Cl)cc1)c1ccnn1C. The van der Waals surface area contributed by atoms with Crippen LogP contribution in [0.25, 0.3) is 0 Å². The van der Waals surface area contributed by atoms with Gasteiger partial charge < -0.3 is 5.32 Å². The molecule has 1 aromatic carbocycles. The average Bonchev–Trinajstić information content (AvgIpc) is 2.83. The van der Waals surface area contributed by atoms with Gasteiger partial charge in [-0.25, -0.2) is 0 Å². The van der Waals surface area contributed by atoms with Crippen molar-refractivity contribution in [1.29, 1.82) is 0 Å². The summed E-state index contributed by atoms with van der Waals surface area (Å²) in [5.74, 6) is 0.967. The van der Waals surface area contributed by atoms with E-state index in [4.69, 9.17) is 11.6 Å². The predicted molar refractivity (Wildman–Crippen MR) is 81.8 cm³/mol. The lowest BCUT2D eigenvalue weighted by molar-refractivity contribution is 0.553. The van der Waals surface area contributed by atoms with Crippen molar-refractivity contribution in [2.24, 2.45) is 7.05 Å². The van der Waals surface area contributed by atoms with Crippen molar-refractivity contribution in [3.8, 4) is 0 Å². The third-order valence-electron chi connectivity index (χ3n) is 2.90. The van der Waals surface area contributed by atoms with Gasteiger partial charge in [-0.15, -0.1) is 11.8 Å². The Labute approximate surface area is 123 Å². The Morgan fingerprint density at radius 2 is 2.05 bits per heavy atom. The number of hydrogen-bond donors (Lipinski definition) is 1. The zero-order chi connectivity index (χ0) is 13.7. The maximum atomic E-state index is 5.89. The molecule has 0 aliphatic heterocycles. The van der Waals surface area contributed by atoms with Crippen LogP contribution < -0.4 is 5.32 Å². The second kappa shape index (κ2) is 6.98. The van der Waals surface area contributed by atoms with E-state index < -0.39 is 0 Å². The highest BCUT2D eigenvalue weighted by Gasteiger charge is 2.14. The van der Waals surface area contributed by atoms with Gasteiger partial charge in [-0.1, -0.05) is 18.5 Å². The van der Waals surface area contributed by atoms with Gasteiger partial charge in [0.25, 0.3) is 0 Å². The van der Waals surface area contributed by atoms with Crippen molar-refractivity contribution < 1.29 is 0 Å². The van der Waals surface area contributed by atoms with Gasteiger partial charge in [0, 0.05) is 28.9 Å². The van der Waals surface area contributed by atoms with Crippen LogP contribution >= 0.6 is 23.4 Å². The van der Waals surface area contributed by atoms with Gasteiger partial charge in [0.05, 0.1) is 11.7 Å². The van der Waals surface area contributed by atoms with E-state index >= 15 is 0 Å². The second-order valence-electron chi connectivity index (χ2n) is 4.25. The van der Waals surface area contributed by atoms with Crippen LogP contribution in [-0.2, 0) is 7.05 Å². The number of hydrogen-bond acceptors (Lipinski definition) is 3. The van der Waals surface area contributed by atoms with Crippen molar-refractivity contribution in [1.82, 2.24) is 15.1 Å². The molecule has 0 aliphatic carbocycles. The number of aryl methyl sites for hydroxylation is 1. The molecule has 0 saturated heterocycles. The van der Waals surface area contributed by atoms with Crippen LogP contribution in [0.1, 0.15) is 18.7 Å². The lowest BCUT2D eigenvalue weighted by Crippen LogP contribution is -2.25. The van der Waals surface area contributed by atoms with E-state index in [9.17, 15) is 0 Å². The fourth-order valence-corrected chi connectivity index (χ4v) is 3.03. The first-order chi connectivity index (χ1) is 9.20. The van der Waals surface area contributed by atoms with E-state index in [0.717, 1.165) is 17.3 Å². The van der Waals surface area contributed by atoms with Gasteiger partial charge in [-0.3, -0.25) is 4.68 Å². The van der Waals surface area contributed by atoms with Gasteiger partial charge in [-0.2, -0.15) is 5.10 Å². The molecule has 19 heavy (non-hydrogen) atoms. The van der Waals surface area contributed by atoms with Gasteiger partial charge >= 0.3 is 0 Å². The summed E-state index contributed by atoms with van der Waals surface area (Å²) in [6, 6.07) is 10.3. The molecule has 1 N–H and O–H groups in total. The summed E-state index contributed by atoms with van der Waals surface area (Å²) >= 11 is 7.71. The summed E-state index contributed by atoms with van der Waals surface area (Å²) in [6.45, 7) is 3.06. The molecule has 0 aliphatic rings. The van der Waals surface area contributed by atoms with Crippen molar-refractivity contribution in [2.75, 3.05) is 12.3 Å². The molecule has 1 atom stereocenters. The van der Waals surface area contributed by atoms with E-state index in [-0.39, 0.29) is 0 Å². The Hall–Kier alpha value is -0.970. The lowest BCUT2D eigenvalue weighted by atomic mass is 10.2. The monoisotopic (exact) mass is 295 g/mol. The number of benzene rings is 1. The summed E-state index contributed by atoms with van der Waals surface area (Å²) in [5, 5.41) is 8.51. The summed E-state index contributed by atoms with van der Waals surface area (Å²) < 4.78 is 1.93. The van der Waals surface area contributed by atoms with Crippen LogP contribution in [0.2, 0.25) is 5.02 Å². The molecule has 5 heteroatoms. The highest BCUT2D eigenvalue weighted by Crippen LogP contribution is 2.25. The Morgan fingerprint density at radius 3 is 2.63 bits per heavy atom. The number of thioether (sulfide) groups is 1. The number of rotatable bonds is 6. The lowest BCUT2D eigenvalue weighted by Gasteiger charge is -2.17. The minimum absolute atomic E-state index is 0.304. The fourth-order valence-electron chi connectivity index (χ4n) is 1.93. The quantitative estimate of drug-likeness (QED) is 0.827. The van der Waals surface area contributed by atoms with Crippen LogP contribution in [0, 0.1) is 0 Å². The van der Waals surface area contributed by atoms with Crippen LogP contribution in [-0.4, -0.2) is 22.1 Å². The summed E-state index contributed by atoms with van der Waals surface area (Å²) in [7, 11) is 1.98. The maximum Gasteiger partial charge on any atom is 0.0587 e. The molecule has 2 aromatic rings. The molecule has 102 valence electrons. The molecule has 0 fully saturated rings. The normalized spacial score (nSPS) is 12.6. The molecule has 0 spiro atoms. The Balaban J connectivity index is 2.01. The molecule has 0 saturated carbocycles. The average molecular weight is 296 g/mol. The first-order valence-electron chi connectivity index (χ1n) is 6.30. The predicted octanol–water partition coefficient (Wildman–Crippen LogP) is 3.52. The van der Waals surface area contributed by atoms with Crippen LogP contribution in [0.3, 0.4) is 0 Å². The highest BCUT2D eigenvalue weighted by atomic mass is 35.5. The van der Waals surface area contributed by atoms with Gasteiger partial charge in [0.1, 0.15) is 0 Å². The van der Waals surface area contributed by atoms with E-state index in [1.54, 1.807) is 0 Å². The minimum Gasteiger partial charge on any atom is -0.308 e. The van der Waals surface area contributed by atoms with Gasteiger partial charge in [0.15, 0.2) is 0 Å². The molecule has 0 amide bonds. The second-order valence-corrected chi connectivity index (χ2v) is 5.78. The van der Waals surface area contributed by atoms with E-state index in [1.165, 1.54) is 10.6 Å². The molecule has 1 heterocycles. The molecular formula is C14H18ClN3S.